The fourth-order valence-corrected chi connectivity index (χ4v) is 2.60. The molecule has 9 heteroatoms. The third kappa shape index (κ3) is 2.04. The van der Waals surface area contributed by atoms with Gasteiger partial charge in [-0.15, -0.1) is 5.10 Å². The first-order valence-electron chi connectivity index (χ1n) is 7.04. The van der Waals surface area contributed by atoms with Crippen molar-refractivity contribution in [3.63, 3.8) is 0 Å². The first kappa shape index (κ1) is 13.7. The van der Waals surface area contributed by atoms with Crippen LogP contribution in [0.15, 0.2) is 23.1 Å². The fourth-order valence-electron chi connectivity index (χ4n) is 2.60. The predicted octanol–water partition coefficient (Wildman–Crippen LogP) is 1.01. The predicted molar refractivity (Wildman–Crippen MR) is 76.2 cm³/mol. The summed E-state index contributed by atoms with van der Waals surface area (Å²) in [4.78, 5) is 26.5. The maximum Gasteiger partial charge on any atom is 0.341 e. The van der Waals surface area contributed by atoms with Gasteiger partial charge in [0.15, 0.2) is 0 Å². The molecule has 0 spiro atoms. The van der Waals surface area contributed by atoms with Crippen molar-refractivity contribution in [3.05, 3.63) is 45.9 Å². The quantitative estimate of drug-likeness (QED) is 0.728. The summed E-state index contributed by atoms with van der Waals surface area (Å²) in [6, 6.07) is 2.50. The van der Waals surface area contributed by atoms with Gasteiger partial charge in [-0.3, -0.25) is 9.78 Å². The van der Waals surface area contributed by atoms with Crippen molar-refractivity contribution in [2.24, 2.45) is 0 Å². The Morgan fingerprint density at radius 1 is 1.43 bits per heavy atom. The van der Waals surface area contributed by atoms with Crippen molar-refractivity contribution >= 4 is 11.5 Å². The van der Waals surface area contributed by atoms with E-state index in [-0.39, 0.29) is 17.4 Å². The maximum absolute atomic E-state index is 13.7. The Labute approximate surface area is 128 Å². The van der Waals surface area contributed by atoms with Crippen LogP contribution in [0.3, 0.4) is 0 Å². The van der Waals surface area contributed by atoms with Crippen LogP contribution in [0.1, 0.15) is 34.8 Å². The highest BCUT2D eigenvalue weighted by atomic mass is 19.1. The van der Waals surface area contributed by atoms with Crippen LogP contribution in [0.2, 0.25) is 0 Å². The van der Waals surface area contributed by atoms with E-state index in [0.29, 0.717) is 11.3 Å². The van der Waals surface area contributed by atoms with Gasteiger partial charge in [-0.25, -0.2) is 9.48 Å². The van der Waals surface area contributed by atoms with Crippen LogP contribution in [0.5, 0.6) is 0 Å². The normalized spacial score (nSPS) is 14.3. The molecule has 0 atom stereocenters. The number of methoxy groups -OCH3 is 1. The van der Waals surface area contributed by atoms with Crippen molar-refractivity contribution < 1.29 is 13.9 Å². The summed E-state index contributed by atoms with van der Waals surface area (Å²) in [5, 5.41) is 8.20. The number of rotatable bonds is 3. The molecule has 1 aliphatic carbocycles. The van der Waals surface area contributed by atoms with E-state index in [4.69, 9.17) is 4.74 Å². The van der Waals surface area contributed by atoms with E-state index < -0.39 is 17.5 Å². The molecular formula is C14H12FN5O3. The molecule has 1 fully saturated rings. The van der Waals surface area contributed by atoms with Gasteiger partial charge >= 0.3 is 5.97 Å². The van der Waals surface area contributed by atoms with E-state index in [1.807, 2.05) is 0 Å². The lowest BCUT2D eigenvalue weighted by Gasteiger charge is -2.07. The fraction of sp³-hybridized carbons (Fsp3) is 0.286. The summed E-state index contributed by atoms with van der Waals surface area (Å²) in [5.74, 6) is -0.967. The number of carbonyl (C=O) groups excluding carboxylic acids is 1. The topological polar surface area (TPSA) is 94.3 Å². The molecule has 0 aliphatic heterocycles. The van der Waals surface area contributed by atoms with Crippen LogP contribution in [-0.2, 0) is 4.74 Å². The molecule has 8 nitrogen and oxygen atoms in total. The molecule has 0 saturated heterocycles. The molecule has 3 aromatic heterocycles. The largest absolute Gasteiger partial charge is 0.465 e. The van der Waals surface area contributed by atoms with Gasteiger partial charge in [-0.2, -0.15) is 14.0 Å². The van der Waals surface area contributed by atoms with Crippen LogP contribution in [-0.4, -0.2) is 37.5 Å². The number of carbonyl (C=O) groups is 1. The second kappa shape index (κ2) is 4.77. The van der Waals surface area contributed by atoms with Crippen LogP contribution in [0.25, 0.3) is 11.5 Å². The molecule has 0 amide bonds. The van der Waals surface area contributed by atoms with Gasteiger partial charge in [0, 0.05) is 5.92 Å². The third-order valence-electron chi connectivity index (χ3n) is 3.84. The second-order valence-corrected chi connectivity index (χ2v) is 5.35. The molecule has 118 valence electrons. The van der Waals surface area contributed by atoms with Crippen molar-refractivity contribution in [1.29, 1.82) is 0 Å². The van der Waals surface area contributed by atoms with Crippen LogP contribution in [0, 0.1) is 5.95 Å². The highest BCUT2D eigenvalue weighted by Crippen LogP contribution is 2.42. The van der Waals surface area contributed by atoms with Gasteiger partial charge in [0.05, 0.1) is 19.0 Å². The first-order valence-corrected chi connectivity index (χ1v) is 7.04. The summed E-state index contributed by atoms with van der Waals surface area (Å²) in [7, 11) is 1.29. The molecule has 0 bridgehead atoms. The zero-order chi connectivity index (χ0) is 16.1. The van der Waals surface area contributed by atoms with Gasteiger partial charge in [0.1, 0.15) is 11.1 Å². The molecule has 0 aromatic carbocycles. The van der Waals surface area contributed by atoms with Gasteiger partial charge in [0.25, 0.3) is 5.56 Å². The lowest BCUT2D eigenvalue weighted by atomic mass is 10.2. The van der Waals surface area contributed by atoms with E-state index in [1.54, 1.807) is 0 Å². The number of hydrogen-bond acceptors (Lipinski definition) is 5. The zero-order valence-electron chi connectivity index (χ0n) is 12.1. The van der Waals surface area contributed by atoms with Gasteiger partial charge < -0.3 is 4.74 Å². The summed E-state index contributed by atoms with van der Waals surface area (Å²) in [6.45, 7) is 0. The SMILES string of the molecule is COC(=O)c1cnn(-c2nn3c(F)ccc3c(=O)[nH]2)c1C1CC1. The number of nitrogens with one attached hydrogen (secondary N) is 1. The molecule has 3 aromatic rings. The molecule has 4 rings (SSSR count). The van der Waals surface area contributed by atoms with Gasteiger partial charge in [0.2, 0.25) is 11.9 Å². The van der Waals surface area contributed by atoms with Crippen LogP contribution in [0.4, 0.5) is 4.39 Å². The van der Waals surface area contributed by atoms with Gasteiger partial charge in [-0.1, -0.05) is 0 Å². The minimum absolute atomic E-state index is 0.0506. The van der Waals surface area contributed by atoms with Crippen LogP contribution < -0.4 is 5.56 Å². The Morgan fingerprint density at radius 3 is 2.91 bits per heavy atom. The van der Waals surface area contributed by atoms with E-state index in [1.165, 1.54) is 24.1 Å². The molecule has 1 aliphatic rings. The second-order valence-electron chi connectivity index (χ2n) is 5.35. The molecular weight excluding hydrogens is 305 g/mol. The number of hydrogen-bond donors (Lipinski definition) is 1. The Hall–Kier alpha value is -2.97. The lowest BCUT2D eigenvalue weighted by molar-refractivity contribution is 0.0599. The lowest BCUT2D eigenvalue weighted by Crippen LogP contribution is -2.19. The number of aromatic nitrogens is 5. The number of ether oxygens (including phenoxy) is 1. The summed E-state index contributed by atoms with van der Waals surface area (Å²) in [5.41, 5.74) is 0.549. The third-order valence-corrected chi connectivity index (χ3v) is 3.84. The number of esters is 1. The maximum atomic E-state index is 13.7. The minimum Gasteiger partial charge on any atom is -0.465 e. The number of fused-ring (bicyclic) bond motifs is 1. The average molecular weight is 317 g/mol. The first-order chi connectivity index (χ1) is 11.1. The van der Waals surface area contributed by atoms with Crippen molar-refractivity contribution in [3.8, 4) is 5.95 Å². The molecule has 23 heavy (non-hydrogen) atoms. The van der Waals surface area contributed by atoms with E-state index in [0.717, 1.165) is 23.4 Å². The Morgan fingerprint density at radius 2 is 2.22 bits per heavy atom. The molecule has 1 N–H and O–H groups in total. The summed E-state index contributed by atoms with van der Waals surface area (Å²) < 4.78 is 20.8. The summed E-state index contributed by atoms with van der Waals surface area (Å²) >= 11 is 0. The molecule has 0 radical (unpaired) electrons. The highest BCUT2D eigenvalue weighted by Gasteiger charge is 2.34. The Kier molecular flexibility index (Phi) is 2.83. The number of aromatic amines is 1. The monoisotopic (exact) mass is 317 g/mol. The Bertz CT molecular complexity index is 982. The molecule has 0 unspecified atom stereocenters. The smallest absolute Gasteiger partial charge is 0.341 e. The summed E-state index contributed by atoms with van der Waals surface area (Å²) in [6.07, 6.45) is 3.18. The van der Waals surface area contributed by atoms with Crippen molar-refractivity contribution in [2.75, 3.05) is 7.11 Å². The standard InChI is InChI=1S/C14H12FN5O3/c1-23-13(22)8-6-16-20(11(8)7-2-3-7)14-17-12(21)9-4-5-10(15)19(9)18-14/h4-7H,2-3H2,1H3,(H,17,18,21). The van der Waals surface area contributed by atoms with Gasteiger partial charge in [-0.05, 0) is 25.0 Å². The minimum atomic E-state index is -0.652. The van der Waals surface area contributed by atoms with Crippen molar-refractivity contribution in [2.45, 2.75) is 18.8 Å². The van der Waals surface area contributed by atoms with Crippen molar-refractivity contribution in [1.82, 2.24) is 24.4 Å². The van der Waals surface area contributed by atoms with E-state index in [2.05, 4.69) is 15.2 Å². The number of nitrogens with zero attached hydrogens (tertiary/aromatic N) is 4. The zero-order valence-corrected chi connectivity index (χ0v) is 12.1. The number of H-pyrrole nitrogens is 1. The molecule has 1 saturated carbocycles. The van der Waals surface area contributed by atoms with E-state index >= 15 is 0 Å². The average Bonchev–Trinajstić information content (AvgIpc) is 3.18. The highest BCUT2D eigenvalue weighted by molar-refractivity contribution is 5.90. The Balaban J connectivity index is 1.94. The van der Waals surface area contributed by atoms with Crippen LogP contribution >= 0.6 is 0 Å². The molecule has 3 heterocycles. The van der Waals surface area contributed by atoms with E-state index in [9.17, 15) is 14.0 Å². The number of halogens is 1.